The first kappa shape index (κ1) is 21.4. The average Bonchev–Trinajstić information content (AvgIpc) is 2.52. The number of rotatable bonds is 9. The fraction of sp³-hybridized carbons (Fsp3) is 0.579. The maximum Gasteiger partial charge on any atom is 0.407 e. The van der Waals surface area contributed by atoms with Gasteiger partial charge in [-0.05, 0) is 51.3 Å². The van der Waals surface area contributed by atoms with E-state index in [-0.39, 0.29) is 5.91 Å². The zero-order valence-corrected chi connectivity index (χ0v) is 16.5. The van der Waals surface area contributed by atoms with Gasteiger partial charge >= 0.3 is 6.09 Å². The van der Waals surface area contributed by atoms with Crippen LogP contribution < -0.4 is 10.6 Å². The molecule has 25 heavy (non-hydrogen) atoms. The van der Waals surface area contributed by atoms with Gasteiger partial charge in [0.1, 0.15) is 5.60 Å². The summed E-state index contributed by atoms with van der Waals surface area (Å²) < 4.78 is 5.14. The Labute approximate surface area is 155 Å². The lowest BCUT2D eigenvalue weighted by atomic mass is 10.1. The van der Waals surface area contributed by atoms with Crippen molar-refractivity contribution in [2.24, 2.45) is 0 Å². The van der Waals surface area contributed by atoms with Crippen LogP contribution in [0.2, 0.25) is 0 Å². The van der Waals surface area contributed by atoms with E-state index in [9.17, 15) is 9.59 Å². The van der Waals surface area contributed by atoms with Gasteiger partial charge in [0.05, 0.1) is 5.75 Å². The number of benzene rings is 1. The van der Waals surface area contributed by atoms with Crippen LogP contribution in [0.3, 0.4) is 0 Å². The smallest absolute Gasteiger partial charge is 0.407 e. The predicted molar refractivity (Wildman–Crippen MR) is 105 cm³/mol. The Morgan fingerprint density at radius 1 is 1.16 bits per heavy atom. The molecule has 0 saturated heterocycles. The molecule has 0 aliphatic rings. The number of carbonyl (C=O) groups is 2. The van der Waals surface area contributed by atoms with Crippen molar-refractivity contribution in [3.05, 3.63) is 29.8 Å². The normalized spacial score (nSPS) is 11.0. The van der Waals surface area contributed by atoms with Gasteiger partial charge in [-0.15, -0.1) is 0 Å². The molecular formula is C19H30N2O3S. The Morgan fingerprint density at radius 3 is 2.44 bits per heavy atom. The maximum absolute atomic E-state index is 11.9. The Bertz CT molecular complexity index is 539. The minimum absolute atomic E-state index is 0.0384. The lowest BCUT2D eigenvalue weighted by molar-refractivity contribution is -0.113. The van der Waals surface area contributed by atoms with E-state index >= 15 is 0 Å². The molecule has 0 atom stereocenters. The van der Waals surface area contributed by atoms with Gasteiger partial charge in [0.15, 0.2) is 0 Å². The number of anilines is 1. The van der Waals surface area contributed by atoms with Crippen LogP contribution in [0.15, 0.2) is 24.3 Å². The largest absolute Gasteiger partial charge is 0.444 e. The lowest BCUT2D eigenvalue weighted by Gasteiger charge is -2.19. The molecule has 0 radical (unpaired) electrons. The third-order valence-corrected chi connectivity index (χ3v) is 4.16. The number of hydrogen-bond acceptors (Lipinski definition) is 4. The third-order valence-electron chi connectivity index (χ3n) is 3.20. The molecule has 2 amide bonds. The van der Waals surface area contributed by atoms with E-state index in [1.165, 1.54) is 30.2 Å². The molecule has 1 rings (SSSR count). The first-order valence-corrected chi connectivity index (χ1v) is 9.89. The molecule has 0 heterocycles. The predicted octanol–water partition coefficient (Wildman–Crippen LogP) is 4.23. The zero-order valence-electron chi connectivity index (χ0n) is 15.7. The molecule has 0 bridgehead atoms. The number of thioether (sulfide) groups is 1. The van der Waals surface area contributed by atoms with Crippen molar-refractivity contribution < 1.29 is 14.3 Å². The van der Waals surface area contributed by atoms with Gasteiger partial charge in [0.25, 0.3) is 0 Å². The molecule has 1 aromatic carbocycles. The molecule has 0 aliphatic heterocycles. The Balaban J connectivity index is 2.17. The standard InChI is InChI=1S/C19H30N2O3S/c1-5-6-7-15-8-10-16(11-9-15)21-17(22)14-25-13-12-20-18(23)24-19(2,3)4/h8-11H,5-7,12-14H2,1-4H3,(H,20,23)(H,21,22). The van der Waals surface area contributed by atoms with Crippen LogP contribution in [0.5, 0.6) is 0 Å². The number of nitrogens with one attached hydrogen (secondary N) is 2. The first-order valence-electron chi connectivity index (χ1n) is 8.73. The highest BCUT2D eigenvalue weighted by Gasteiger charge is 2.15. The molecule has 140 valence electrons. The second-order valence-electron chi connectivity index (χ2n) is 6.83. The molecule has 0 unspecified atom stereocenters. The highest BCUT2D eigenvalue weighted by molar-refractivity contribution is 7.99. The summed E-state index contributed by atoms with van der Waals surface area (Å²) in [6.07, 6.45) is 3.00. The number of aryl methyl sites for hydroxylation is 1. The van der Waals surface area contributed by atoms with Crippen molar-refractivity contribution in [3.63, 3.8) is 0 Å². The number of carbonyl (C=O) groups excluding carboxylic acids is 2. The molecule has 2 N–H and O–H groups in total. The minimum Gasteiger partial charge on any atom is -0.444 e. The maximum atomic E-state index is 11.9. The van der Waals surface area contributed by atoms with Gasteiger partial charge in [-0.1, -0.05) is 25.5 Å². The van der Waals surface area contributed by atoms with E-state index in [0.29, 0.717) is 18.1 Å². The van der Waals surface area contributed by atoms with Gasteiger partial charge in [0, 0.05) is 18.0 Å². The van der Waals surface area contributed by atoms with E-state index in [2.05, 4.69) is 29.7 Å². The summed E-state index contributed by atoms with van der Waals surface area (Å²) in [5, 5.41) is 5.56. The average molecular weight is 367 g/mol. The SMILES string of the molecule is CCCCc1ccc(NC(=O)CSCCNC(=O)OC(C)(C)C)cc1. The molecule has 1 aromatic rings. The fourth-order valence-electron chi connectivity index (χ4n) is 2.04. The molecular weight excluding hydrogens is 336 g/mol. The summed E-state index contributed by atoms with van der Waals surface area (Å²) in [6, 6.07) is 8.00. The van der Waals surface area contributed by atoms with Gasteiger partial charge < -0.3 is 15.4 Å². The van der Waals surface area contributed by atoms with Crippen LogP contribution in [-0.4, -0.2) is 35.7 Å². The Hall–Kier alpha value is -1.69. The van der Waals surface area contributed by atoms with Crippen LogP contribution in [0.4, 0.5) is 10.5 Å². The van der Waals surface area contributed by atoms with E-state index in [4.69, 9.17) is 4.74 Å². The van der Waals surface area contributed by atoms with Crippen molar-refractivity contribution in [3.8, 4) is 0 Å². The van der Waals surface area contributed by atoms with Crippen LogP contribution in [0, 0.1) is 0 Å². The van der Waals surface area contributed by atoms with Crippen molar-refractivity contribution in [2.45, 2.75) is 52.6 Å². The van der Waals surface area contributed by atoms with Crippen LogP contribution in [-0.2, 0) is 16.0 Å². The molecule has 0 aromatic heterocycles. The number of hydrogen-bond donors (Lipinski definition) is 2. The van der Waals surface area contributed by atoms with Crippen molar-refractivity contribution in [2.75, 3.05) is 23.4 Å². The van der Waals surface area contributed by atoms with Crippen LogP contribution >= 0.6 is 11.8 Å². The van der Waals surface area contributed by atoms with Crippen molar-refractivity contribution in [1.82, 2.24) is 5.32 Å². The summed E-state index contributed by atoms with van der Waals surface area (Å²) in [7, 11) is 0. The summed E-state index contributed by atoms with van der Waals surface area (Å²) in [6.45, 7) is 8.11. The van der Waals surface area contributed by atoms with Gasteiger partial charge in [-0.3, -0.25) is 4.79 Å². The van der Waals surface area contributed by atoms with E-state index in [1.807, 2.05) is 32.9 Å². The van der Waals surface area contributed by atoms with E-state index < -0.39 is 11.7 Å². The third kappa shape index (κ3) is 10.7. The lowest BCUT2D eigenvalue weighted by Crippen LogP contribution is -2.33. The number of unbranched alkanes of at least 4 members (excludes halogenated alkanes) is 1. The topological polar surface area (TPSA) is 67.4 Å². The summed E-state index contributed by atoms with van der Waals surface area (Å²) in [5.41, 5.74) is 1.61. The van der Waals surface area contributed by atoms with Crippen LogP contribution in [0.25, 0.3) is 0 Å². The molecule has 0 aliphatic carbocycles. The number of amides is 2. The number of ether oxygens (including phenoxy) is 1. The van der Waals surface area contributed by atoms with Crippen LogP contribution in [0.1, 0.15) is 46.1 Å². The first-order chi connectivity index (χ1) is 11.8. The number of alkyl carbamates (subject to hydrolysis) is 1. The molecule has 5 nitrogen and oxygen atoms in total. The Morgan fingerprint density at radius 2 is 1.84 bits per heavy atom. The summed E-state index contributed by atoms with van der Waals surface area (Å²) in [5.74, 6) is 0.972. The summed E-state index contributed by atoms with van der Waals surface area (Å²) in [4.78, 5) is 23.4. The molecule has 0 fully saturated rings. The molecule has 6 heteroatoms. The Kier molecular flexibility index (Phi) is 9.42. The monoisotopic (exact) mass is 366 g/mol. The van der Waals surface area contributed by atoms with Gasteiger partial charge in [-0.2, -0.15) is 11.8 Å². The highest BCUT2D eigenvalue weighted by atomic mass is 32.2. The molecule has 0 spiro atoms. The van der Waals surface area contributed by atoms with E-state index in [0.717, 1.165) is 12.1 Å². The minimum atomic E-state index is -0.497. The second kappa shape index (κ2) is 11.0. The summed E-state index contributed by atoms with van der Waals surface area (Å²) >= 11 is 1.47. The second-order valence-corrected chi connectivity index (χ2v) is 7.94. The highest BCUT2D eigenvalue weighted by Crippen LogP contribution is 2.12. The van der Waals surface area contributed by atoms with Crippen molar-refractivity contribution >= 4 is 29.4 Å². The van der Waals surface area contributed by atoms with Gasteiger partial charge in [0.2, 0.25) is 5.91 Å². The van der Waals surface area contributed by atoms with Gasteiger partial charge in [-0.25, -0.2) is 4.79 Å². The quantitative estimate of drug-likeness (QED) is 0.642. The van der Waals surface area contributed by atoms with E-state index in [1.54, 1.807) is 0 Å². The molecule has 0 saturated carbocycles. The fourth-order valence-corrected chi connectivity index (χ4v) is 2.69. The zero-order chi connectivity index (χ0) is 18.7. The van der Waals surface area contributed by atoms with Crippen molar-refractivity contribution in [1.29, 1.82) is 0 Å².